The van der Waals surface area contributed by atoms with Crippen molar-refractivity contribution in [2.45, 2.75) is 57.5 Å². The lowest BCUT2D eigenvalue weighted by Crippen LogP contribution is -2.27. The van der Waals surface area contributed by atoms with Gasteiger partial charge in [-0.05, 0) is 19.3 Å². The largest absolute Gasteiger partial charge is 0.368 e. The van der Waals surface area contributed by atoms with E-state index in [0.29, 0.717) is 18.3 Å². The molecule has 1 aliphatic carbocycles. The van der Waals surface area contributed by atoms with E-state index in [1.54, 1.807) is 0 Å². The maximum atomic E-state index is 5.93. The highest BCUT2D eigenvalue weighted by molar-refractivity contribution is 5.10. The summed E-state index contributed by atoms with van der Waals surface area (Å²) in [4.78, 5) is 0. The van der Waals surface area contributed by atoms with E-state index in [1.807, 2.05) is 0 Å². The van der Waals surface area contributed by atoms with Crippen molar-refractivity contribution in [3.8, 4) is 0 Å². The van der Waals surface area contributed by atoms with E-state index >= 15 is 0 Å². The topological polar surface area (TPSA) is 21.8 Å². The lowest BCUT2D eigenvalue weighted by molar-refractivity contribution is -0.00409. The summed E-state index contributed by atoms with van der Waals surface area (Å²) in [7, 11) is 0. The third-order valence-corrected chi connectivity index (χ3v) is 2.90. The van der Waals surface area contributed by atoms with E-state index in [-0.39, 0.29) is 6.10 Å². The van der Waals surface area contributed by atoms with E-state index < -0.39 is 0 Å². The van der Waals surface area contributed by atoms with Gasteiger partial charge in [-0.1, -0.05) is 26.0 Å². The molecule has 0 N–H and O–H groups in total. The highest BCUT2D eigenvalue weighted by atomic mass is 16.6. The third-order valence-electron chi connectivity index (χ3n) is 2.90. The molecule has 1 aliphatic heterocycles. The fourth-order valence-electron chi connectivity index (χ4n) is 1.92. The van der Waals surface area contributed by atoms with Gasteiger partial charge < -0.3 is 9.47 Å². The summed E-state index contributed by atoms with van der Waals surface area (Å²) < 4.78 is 11.4. The summed E-state index contributed by atoms with van der Waals surface area (Å²) >= 11 is 0. The van der Waals surface area contributed by atoms with Crippen LogP contribution in [0.3, 0.4) is 0 Å². The van der Waals surface area contributed by atoms with Crippen molar-refractivity contribution in [2.24, 2.45) is 0 Å². The average molecular weight is 182 g/mol. The number of ether oxygens (including phenoxy) is 2. The van der Waals surface area contributed by atoms with Crippen LogP contribution in [0.25, 0.3) is 0 Å². The normalized spacial score (nSPS) is 36.4. The van der Waals surface area contributed by atoms with Gasteiger partial charge in [0.05, 0.1) is 12.2 Å². The number of hydrogen-bond acceptors (Lipinski definition) is 2. The summed E-state index contributed by atoms with van der Waals surface area (Å²) in [6, 6.07) is 0. The van der Waals surface area contributed by atoms with Crippen LogP contribution in [0.15, 0.2) is 12.2 Å². The minimum atomic E-state index is 0.226. The van der Waals surface area contributed by atoms with Gasteiger partial charge in [0, 0.05) is 0 Å². The minimum Gasteiger partial charge on any atom is -0.368 e. The lowest BCUT2D eigenvalue weighted by Gasteiger charge is -2.20. The molecule has 0 bridgehead atoms. The molecule has 13 heavy (non-hydrogen) atoms. The summed E-state index contributed by atoms with van der Waals surface area (Å²) in [6.45, 7) is 4.35. The predicted molar refractivity (Wildman–Crippen MR) is 51.7 cm³/mol. The third kappa shape index (κ3) is 1.94. The zero-order valence-electron chi connectivity index (χ0n) is 8.40. The van der Waals surface area contributed by atoms with E-state index in [9.17, 15) is 0 Å². The van der Waals surface area contributed by atoms with Gasteiger partial charge in [-0.25, -0.2) is 0 Å². The first kappa shape index (κ1) is 9.22. The molecule has 0 saturated carbocycles. The van der Waals surface area contributed by atoms with Crippen LogP contribution in [-0.2, 0) is 9.47 Å². The number of fused-ring (bicyclic) bond motifs is 1. The first-order chi connectivity index (χ1) is 6.35. The second-order valence-corrected chi connectivity index (χ2v) is 3.84. The Labute approximate surface area is 79.9 Å². The van der Waals surface area contributed by atoms with Gasteiger partial charge in [0.25, 0.3) is 0 Å². The Morgan fingerprint density at radius 2 is 2.23 bits per heavy atom. The van der Waals surface area contributed by atoms with E-state index in [4.69, 9.17) is 9.47 Å². The Bertz CT molecular complexity index is 196. The Morgan fingerprint density at radius 3 is 2.92 bits per heavy atom. The number of hydrogen-bond donors (Lipinski definition) is 0. The van der Waals surface area contributed by atoms with Crippen molar-refractivity contribution < 1.29 is 9.47 Å². The second-order valence-electron chi connectivity index (χ2n) is 3.84. The molecule has 0 amide bonds. The summed E-state index contributed by atoms with van der Waals surface area (Å²) in [6.07, 6.45) is 9.06. The smallest absolute Gasteiger partial charge is 0.114 e. The average Bonchev–Trinajstić information content (AvgIpc) is 2.93. The van der Waals surface area contributed by atoms with E-state index in [0.717, 1.165) is 19.3 Å². The van der Waals surface area contributed by atoms with Gasteiger partial charge in [0.1, 0.15) is 12.2 Å². The van der Waals surface area contributed by atoms with Crippen LogP contribution in [-0.4, -0.2) is 24.4 Å². The Balaban J connectivity index is 1.86. The maximum absolute atomic E-state index is 5.93. The molecule has 74 valence electrons. The van der Waals surface area contributed by atoms with Gasteiger partial charge in [-0.2, -0.15) is 0 Å². The fraction of sp³-hybridized carbons (Fsp3) is 0.818. The molecule has 0 aromatic heterocycles. The molecule has 2 heteroatoms. The zero-order chi connectivity index (χ0) is 9.26. The van der Waals surface area contributed by atoms with Gasteiger partial charge in [-0.15, -0.1) is 0 Å². The highest BCUT2D eigenvalue weighted by Crippen LogP contribution is 2.35. The van der Waals surface area contributed by atoms with E-state index in [1.165, 1.54) is 0 Å². The number of rotatable bonds is 4. The fourth-order valence-corrected chi connectivity index (χ4v) is 1.92. The highest BCUT2D eigenvalue weighted by Gasteiger charge is 2.46. The van der Waals surface area contributed by atoms with Crippen molar-refractivity contribution in [1.29, 1.82) is 0 Å². The van der Waals surface area contributed by atoms with Crippen LogP contribution >= 0.6 is 0 Å². The van der Waals surface area contributed by atoms with Crippen LogP contribution in [0.2, 0.25) is 0 Å². The Morgan fingerprint density at radius 1 is 1.46 bits per heavy atom. The summed E-state index contributed by atoms with van der Waals surface area (Å²) in [5.74, 6) is 0. The molecule has 0 aromatic carbocycles. The van der Waals surface area contributed by atoms with Gasteiger partial charge >= 0.3 is 0 Å². The lowest BCUT2D eigenvalue weighted by atomic mass is 10.0. The molecule has 2 nitrogen and oxygen atoms in total. The van der Waals surface area contributed by atoms with Crippen LogP contribution in [0.5, 0.6) is 0 Å². The van der Waals surface area contributed by atoms with Crippen molar-refractivity contribution in [3.63, 3.8) is 0 Å². The zero-order valence-corrected chi connectivity index (χ0v) is 8.40. The molecule has 3 atom stereocenters. The molecule has 1 fully saturated rings. The first-order valence-corrected chi connectivity index (χ1v) is 5.32. The molecule has 0 spiro atoms. The molecule has 0 aromatic rings. The molecule has 0 radical (unpaired) electrons. The molecule has 1 heterocycles. The first-order valence-electron chi connectivity index (χ1n) is 5.32. The molecular formula is C11H18O2. The molecule has 1 saturated heterocycles. The van der Waals surface area contributed by atoms with Crippen LogP contribution in [0, 0.1) is 0 Å². The number of epoxide rings is 1. The van der Waals surface area contributed by atoms with Crippen molar-refractivity contribution >= 4 is 0 Å². The molecule has 2 rings (SSSR count). The van der Waals surface area contributed by atoms with Crippen LogP contribution < -0.4 is 0 Å². The summed E-state index contributed by atoms with van der Waals surface area (Å²) in [5, 5.41) is 0. The van der Waals surface area contributed by atoms with E-state index in [2.05, 4.69) is 26.0 Å². The standard InChI is InChI=1S/C11H18O2/c1-3-8(4-2)12-9-6-5-7-10-11(9)13-10/h5-6,8-11H,3-4,7H2,1-2H3/t9-,10+,11-/m1/s1. The van der Waals surface area contributed by atoms with Gasteiger partial charge in [0.2, 0.25) is 0 Å². The van der Waals surface area contributed by atoms with Crippen LogP contribution in [0.4, 0.5) is 0 Å². The Kier molecular flexibility index (Phi) is 2.70. The van der Waals surface area contributed by atoms with Gasteiger partial charge in [-0.3, -0.25) is 0 Å². The minimum absolute atomic E-state index is 0.226. The Hall–Kier alpha value is -0.340. The SMILES string of the molecule is CCC(CC)O[C@@H]1C=CC[C@@H]2O[C@@H]21. The molecule has 2 aliphatic rings. The maximum Gasteiger partial charge on any atom is 0.114 e. The van der Waals surface area contributed by atoms with Crippen molar-refractivity contribution in [1.82, 2.24) is 0 Å². The van der Waals surface area contributed by atoms with Gasteiger partial charge in [0.15, 0.2) is 0 Å². The second kappa shape index (κ2) is 3.81. The monoisotopic (exact) mass is 182 g/mol. The molecular weight excluding hydrogens is 164 g/mol. The predicted octanol–water partition coefficient (Wildman–Crippen LogP) is 2.29. The summed E-state index contributed by atoms with van der Waals surface area (Å²) in [5.41, 5.74) is 0. The van der Waals surface area contributed by atoms with Crippen LogP contribution in [0.1, 0.15) is 33.1 Å². The molecule has 0 unspecified atom stereocenters. The van der Waals surface area contributed by atoms with Crippen molar-refractivity contribution in [3.05, 3.63) is 12.2 Å². The van der Waals surface area contributed by atoms with Crippen molar-refractivity contribution in [2.75, 3.05) is 0 Å². The quantitative estimate of drug-likeness (QED) is 0.491.